The van der Waals surface area contributed by atoms with E-state index in [9.17, 15) is 18.0 Å². The molecule has 0 bridgehead atoms. The van der Waals surface area contributed by atoms with Crippen LogP contribution in [0.4, 0.5) is 13.2 Å². The van der Waals surface area contributed by atoms with Crippen molar-refractivity contribution in [3.63, 3.8) is 0 Å². The SMILES string of the molecule is CCCCc1c[c]c2c3c(C(N)=O)cccc3n(Cc3cccc(C(F)(F)F)c3)c2c1. The van der Waals surface area contributed by atoms with E-state index < -0.39 is 17.6 Å². The summed E-state index contributed by atoms with van der Waals surface area (Å²) in [7, 11) is 0. The highest BCUT2D eigenvalue weighted by Crippen LogP contribution is 2.34. The van der Waals surface area contributed by atoms with E-state index in [1.807, 2.05) is 22.8 Å². The topological polar surface area (TPSA) is 48.0 Å². The lowest BCUT2D eigenvalue weighted by molar-refractivity contribution is -0.137. The molecule has 4 aromatic rings. The average Bonchev–Trinajstić information content (AvgIpc) is 3.05. The maximum atomic E-state index is 13.2. The van der Waals surface area contributed by atoms with Crippen LogP contribution in [-0.2, 0) is 19.1 Å². The first-order chi connectivity index (χ1) is 14.8. The molecular weight excluding hydrogens is 401 g/mol. The molecule has 0 aliphatic rings. The molecule has 159 valence electrons. The van der Waals surface area contributed by atoms with E-state index >= 15 is 0 Å². The third kappa shape index (κ3) is 4.02. The van der Waals surface area contributed by atoms with E-state index in [2.05, 4.69) is 13.0 Å². The van der Waals surface area contributed by atoms with Gasteiger partial charge in [0.25, 0.3) is 0 Å². The van der Waals surface area contributed by atoms with Crippen LogP contribution in [0.1, 0.15) is 46.8 Å². The fraction of sp³-hybridized carbons (Fsp3) is 0.240. The Morgan fingerprint density at radius 3 is 2.55 bits per heavy atom. The number of alkyl halides is 3. The fourth-order valence-corrected chi connectivity index (χ4v) is 4.03. The van der Waals surface area contributed by atoms with E-state index in [1.54, 1.807) is 18.2 Å². The zero-order valence-electron chi connectivity index (χ0n) is 17.1. The highest BCUT2D eigenvalue weighted by molar-refractivity contribution is 6.17. The number of rotatable bonds is 6. The van der Waals surface area contributed by atoms with Crippen LogP contribution in [-0.4, -0.2) is 10.5 Å². The minimum absolute atomic E-state index is 0.233. The summed E-state index contributed by atoms with van der Waals surface area (Å²) in [6.07, 6.45) is -1.44. The van der Waals surface area contributed by atoms with Gasteiger partial charge in [-0.15, -0.1) is 0 Å². The van der Waals surface area contributed by atoms with Crippen LogP contribution >= 0.6 is 0 Å². The Morgan fingerprint density at radius 1 is 1.06 bits per heavy atom. The van der Waals surface area contributed by atoms with Gasteiger partial charge in [-0.3, -0.25) is 4.79 Å². The number of hydrogen-bond donors (Lipinski definition) is 1. The van der Waals surface area contributed by atoms with Gasteiger partial charge in [-0.1, -0.05) is 37.6 Å². The largest absolute Gasteiger partial charge is 0.416 e. The summed E-state index contributed by atoms with van der Waals surface area (Å²) < 4.78 is 41.6. The minimum atomic E-state index is -4.41. The van der Waals surface area contributed by atoms with Gasteiger partial charge in [0.15, 0.2) is 0 Å². The first-order valence-corrected chi connectivity index (χ1v) is 10.2. The standard InChI is InChI=1S/C25H22F3N2O/c1-2-3-6-16-11-12-19-22(14-16)30(21-10-5-9-20(23(19)21)24(29)31)15-17-7-4-8-18(13-17)25(26,27)28/h4-5,7-11,13-14H,2-3,6,15H2,1H3,(H2,29,31). The van der Waals surface area contributed by atoms with Crippen LogP contribution in [0, 0.1) is 6.07 Å². The summed E-state index contributed by atoms with van der Waals surface area (Å²) in [6.45, 7) is 2.35. The summed E-state index contributed by atoms with van der Waals surface area (Å²) in [6, 6.07) is 17.8. The molecule has 0 atom stereocenters. The van der Waals surface area contributed by atoms with Crippen LogP contribution < -0.4 is 5.73 Å². The van der Waals surface area contributed by atoms with Crippen molar-refractivity contribution in [1.29, 1.82) is 0 Å². The quantitative estimate of drug-likeness (QED) is 0.400. The number of nitrogens with two attached hydrogens (primary N) is 1. The van der Waals surface area contributed by atoms with E-state index in [4.69, 9.17) is 5.73 Å². The van der Waals surface area contributed by atoms with Gasteiger partial charge in [0.05, 0.1) is 16.6 Å². The molecule has 4 rings (SSSR count). The molecule has 1 aromatic heterocycles. The van der Waals surface area contributed by atoms with Gasteiger partial charge in [0.2, 0.25) is 5.91 Å². The monoisotopic (exact) mass is 423 g/mol. The number of fused-ring (bicyclic) bond motifs is 3. The Balaban J connectivity index is 1.93. The number of aromatic nitrogens is 1. The molecule has 31 heavy (non-hydrogen) atoms. The van der Waals surface area contributed by atoms with Crippen molar-refractivity contribution >= 4 is 27.7 Å². The number of carbonyl (C=O) groups is 1. The van der Waals surface area contributed by atoms with Crippen LogP contribution in [0.3, 0.4) is 0 Å². The molecular formula is C25H22F3N2O. The van der Waals surface area contributed by atoms with Gasteiger partial charge in [-0.2, -0.15) is 13.2 Å². The van der Waals surface area contributed by atoms with E-state index in [0.29, 0.717) is 16.5 Å². The van der Waals surface area contributed by atoms with Crippen LogP contribution in [0.5, 0.6) is 0 Å². The molecule has 0 aliphatic carbocycles. The smallest absolute Gasteiger partial charge is 0.366 e. The Kier molecular flexibility index (Phi) is 5.48. The van der Waals surface area contributed by atoms with Crippen molar-refractivity contribution in [1.82, 2.24) is 4.57 Å². The molecule has 0 unspecified atom stereocenters. The number of carbonyl (C=O) groups excluding carboxylic acids is 1. The lowest BCUT2D eigenvalue weighted by atomic mass is 10.0. The number of nitrogens with zero attached hydrogens (tertiary/aromatic N) is 1. The zero-order valence-corrected chi connectivity index (χ0v) is 17.1. The van der Waals surface area contributed by atoms with Crippen molar-refractivity contribution < 1.29 is 18.0 Å². The fourth-order valence-electron chi connectivity index (χ4n) is 4.03. The van der Waals surface area contributed by atoms with Gasteiger partial charge in [-0.25, -0.2) is 0 Å². The predicted octanol–water partition coefficient (Wildman–Crippen LogP) is 6.10. The molecule has 2 N–H and O–H groups in total. The Bertz CT molecular complexity index is 1270. The highest BCUT2D eigenvalue weighted by atomic mass is 19.4. The second-order valence-corrected chi connectivity index (χ2v) is 7.72. The van der Waals surface area contributed by atoms with Gasteiger partial charge in [-0.05, 0) is 60.4 Å². The maximum Gasteiger partial charge on any atom is 0.416 e. The molecule has 1 heterocycles. The summed E-state index contributed by atoms with van der Waals surface area (Å²) in [4.78, 5) is 12.1. The lowest BCUT2D eigenvalue weighted by Crippen LogP contribution is -2.11. The van der Waals surface area contributed by atoms with Crippen molar-refractivity contribution in [3.05, 3.63) is 82.9 Å². The van der Waals surface area contributed by atoms with Gasteiger partial charge in [0.1, 0.15) is 0 Å². The van der Waals surface area contributed by atoms with Crippen molar-refractivity contribution in [2.24, 2.45) is 5.73 Å². The highest BCUT2D eigenvalue weighted by Gasteiger charge is 2.30. The summed E-state index contributed by atoms with van der Waals surface area (Å²) in [5.41, 5.74) is 8.50. The predicted molar refractivity (Wildman–Crippen MR) is 116 cm³/mol. The number of unbranched alkanes of at least 4 members (excludes halogenated alkanes) is 1. The molecule has 6 heteroatoms. The second kappa shape index (κ2) is 8.10. The van der Waals surface area contributed by atoms with Gasteiger partial charge >= 0.3 is 6.18 Å². The first kappa shape index (κ1) is 21.0. The maximum absolute atomic E-state index is 13.2. The second-order valence-electron chi connectivity index (χ2n) is 7.72. The van der Waals surface area contributed by atoms with Crippen LogP contribution in [0.2, 0.25) is 0 Å². The molecule has 3 aromatic carbocycles. The number of benzene rings is 3. The molecule has 0 saturated heterocycles. The first-order valence-electron chi connectivity index (χ1n) is 10.2. The molecule has 1 radical (unpaired) electrons. The Labute approximate surface area is 178 Å². The molecule has 0 fully saturated rings. The zero-order chi connectivity index (χ0) is 22.2. The number of halogens is 3. The van der Waals surface area contributed by atoms with E-state index in [-0.39, 0.29) is 6.54 Å². The van der Waals surface area contributed by atoms with E-state index in [1.165, 1.54) is 12.1 Å². The molecule has 1 amide bonds. The summed E-state index contributed by atoms with van der Waals surface area (Å²) in [5, 5.41) is 1.43. The van der Waals surface area contributed by atoms with Crippen LogP contribution in [0.15, 0.2) is 54.6 Å². The van der Waals surface area contributed by atoms with Crippen molar-refractivity contribution in [2.45, 2.75) is 38.9 Å². The normalized spacial score (nSPS) is 12.0. The number of hydrogen-bond acceptors (Lipinski definition) is 1. The third-order valence-electron chi connectivity index (χ3n) is 5.53. The Hall–Kier alpha value is -3.28. The molecule has 0 saturated carbocycles. The lowest BCUT2D eigenvalue weighted by Gasteiger charge is -2.12. The number of primary amides is 1. The van der Waals surface area contributed by atoms with Crippen LogP contribution in [0.25, 0.3) is 21.8 Å². The van der Waals surface area contributed by atoms with E-state index in [0.717, 1.165) is 47.3 Å². The number of amides is 1. The average molecular weight is 423 g/mol. The summed E-state index contributed by atoms with van der Waals surface area (Å²) >= 11 is 0. The third-order valence-corrected chi connectivity index (χ3v) is 5.53. The van der Waals surface area contributed by atoms with Gasteiger partial charge in [0, 0.05) is 22.9 Å². The molecule has 3 nitrogen and oxygen atoms in total. The van der Waals surface area contributed by atoms with Gasteiger partial charge < -0.3 is 10.3 Å². The Morgan fingerprint density at radius 2 is 1.84 bits per heavy atom. The summed E-state index contributed by atoms with van der Waals surface area (Å²) in [5.74, 6) is -0.549. The van der Waals surface area contributed by atoms with Crippen molar-refractivity contribution in [2.75, 3.05) is 0 Å². The molecule has 0 spiro atoms. The van der Waals surface area contributed by atoms with Crippen molar-refractivity contribution in [3.8, 4) is 0 Å². The molecule has 0 aliphatic heterocycles. The number of aryl methyl sites for hydroxylation is 1. The minimum Gasteiger partial charge on any atom is -0.366 e.